The summed E-state index contributed by atoms with van der Waals surface area (Å²) >= 11 is 0. The van der Waals surface area contributed by atoms with Crippen LogP contribution in [0.2, 0.25) is 0 Å². The molecule has 0 aliphatic carbocycles. The van der Waals surface area contributed by atoms with E-state index in [9.17, 15) is 0 Å². The number of nitrogens with one attached hydrogen (secondary N) is 2. The SMILES string of the molecule is CC[NH+](CC)CCn1c(NCc2cc(OC)c(OC)c(OC)c2)nc2ccccc21.[Cl-]. The van der Waals surface area contributed by atoms with Crippen molar-refractivity contribution in [1.29, 1.82) is 0 Å². The number of likely N-dealkylation sites (N-methyl/N-ethyl adjacent to an activating group) is 1. The van der Waals surface area contributed by atoms with E-state index in [1.165, 1.54) is 0 Å². The molecule has 1 aromatic heterocycles. The molecule has 3 rings (SSSR count). The number of hydrogen-bond acceptors (Lipinski definition) is 5. The normalized spacial score (nSPS) is 10.8. The van der Waals surface area contributed by atoms with E-state index in [1.807, 2.05) is 18.2 Å². The van der Waals surface area contributed by atoms with E-state index in [4.69, 9.17) is 19.2 Å². The fraction of sp³-hybridized carbons (Fsp3) is 0.435. The summed E-state index contributed by atoms with van der Waals surface area (Å²) in [6.45, 7) is 9.27. The van der Waals surface area contributed by atoms with Crippen LogP contribution in [0.25, 0.3) is 11.0 Å². The maximum atomic E-state index is 5.48. The van der Waals surface area contributed by atoms with Crippen LogP contribution in [-0.2, 0) is 13.1 Å². The molecule has 170 valence electrons. The van der Waals surface area contributed by atoms with Gasteiger partial charge in [0.15, 0.2) is 11.5 Å². The lowest BCUT2D eigenvalue weighted by molar-refractivity contribution is -0.897. The fourth-order valence-electron chi connectivity index (χ4n) is 3.73. The maximum Gasteiger partial charge on any atom is 0.204 e. The van der Waals surface area contributed by atoms with Crippen LogP contribution in [0.3, 0.4) is 0 Å². The van der Waals surface area contributed by atoms with Crippen LogP contribution in [0.1, 0.15) is 19.4 Å². The minimum absolute atomic E-state index is 0. The molecule has 1 heterocycles. The Morgan fingerprint density at radius 1 is 0.968 bits per heavy atom. The van der Waals surface area contributed by atoms with Crippen molar-refractivity contribution in [1.82, 2.24) is 9.55 Å². The third-order valence-corrected chi connectivity index (χ3v) is 5.52. The molecule has 0 fully saturated rings. The van der Waals surface area contributed by atoms with Gasteiger partial charge in [-0.25, -0.2) is 4.98 Å². The Balaban J connectivity index is 0.00000341. The summed E-state index contributed by atoms with van der Waals surface area (Å²) in [5.41, 5.74) is 3.17. The van der Waals surface area contributed by atoms with E-state index in [0.29, 0.717) is 23.8 Å². The number of aromatic nitrogens is 2. The van der Waals surface area contributed by atoms with Crippen LogP contribution in [0.15, 0.2) is 36.4 Å². The summed E-state index contributed by atoms with van der Waals surface area (Å²) in [6.07, 6.45) is 0. The highest BCUT2D eigenvalue weighted by Gasteiger charge is 2.15. The van der Waals surface area contributed by atoms with Crippen LogP contribution in [0, 0.1) is 0 Å². The predicted octanol–water partition coefficient (Wildman–Crippen LogP) is -0.397. The maximum absolute atomic E-state index is 5.48. The summed E-state index contributed by atoms with van der Waals surface area (Å²) in [6, 6.07) is 12.2. The first-order valence-electron chi connectivity index (χ1n) is 10.5. The number of rotatable bonds is 11. The Morgan fingerprint density at radius 3 is 2.19 bits per heavy atom. The lowest BCUT2D eigenvalue weighted by Crippen LogP contribution is -3.11. The highest BCUT2D eigenvalue weighted by atomic mass is 35.5. The molecule has 0 aliphatic heterocycles. The van der Waals surface area contributed by atoms with Crippen LogP contribution >= 0.6 is 0 Å². The van der Waals surface area contributed by atoms with Gasteiger partial charge in [-0.15, -0.1) is 0 Å². The van der Waals surface area contributed by atoms with E-state index in [1.54, 1.807) is 26.2 Å². The van der Waals surface area contributed by atoms with Gasteiger partial charge in [0.25, 0.3) is 0 Å². The van der Waals surface area contributed by atoms with E-state index in [2.05, 4.69) is 41.9 Å². The summed E-state index contributed by atoms with van der Waals surface area (Å²) < 4.78 is 18.7. The number of ether oxygens (including phenoxy) is 3. The molecular weight excluding hydrogens is 416 g/mol. The van der Waals surface area contributed by atoms with Gasteiger partial charge in [-0.1, -0.05) is 12.1 Å². The predicted molar refractivity (Wildman–Crippen MR) is 120 cm³/mol. The Hall–Kier alpha value is -2.64. The molecule has 0 saturated carbocycles. The molecule has 8 heteroatoms. The van der Waals surface area contributed by atoms with Gasteiger partial charge in [-0.3, -0.25) is 0 Å². The average Bonchev–Trinajstić information content (AvgIpc) is 3.15. The minimum Gasteiger partial charge on any atom is -1.00 e. The van der Waals surface area contributed by atoms with E-state index >= 15 is 0 Å². The first-order valence-corrected chi connectivity index (χ1v) is 10.5. The molecular formula is C23H33ClN4O3. The first kappa shape index (κ1) is 24.6. The number of imidazole rings is 1. The topological polar surface area (TPSA) is 62.0 Å². The van der Waals surface area contributed by atoms with E-state index < -0.39 is 0 Å². The molecule has 0 bridgehead atoms. The monoisotopic (exact) mass is 448 g/mol. The number of benzene rings is 2. The van der Waals surface area contributed by atoms with Crippen molar-refractivity contribution in [2.24, 2.45) is 0 Å². The second-order valence-corrected chi connectivity index (χ2v) is 7.17. The molecule has 0 spiro atoms. The number of methoxy groups -OCH3 is 3. The standard InChI is InChI=1S/C23H32N4O3.ClH/c1-6-26(7-2)12-13-27-19-11-9-8-10-18(19)25-23(27)24-16-17-14-20(28-3)22(30-5)21(15-17)29-4;/h8-11,14-15H,6-7,12-13,16H2,1-5H3,(H,24,25);1H. The van der Waals surface area contributed by atoms with Gasteiger partial charge in [-0.05, 0) is 43.7 Å². The second kappa shape index (κ2) is 11.7. The second-order valence-electron chi connectivity index (χ2n) is 7.17. The number of nitrogens with zero attached hydrogens (tertiary/aromatic N) is 2. The number of hydrogen-bond donors (Lipinski definition) is 2. The third-order valence-electron chi connectivity index (χ3n) is 5.52. The highest BCUT2D eigenvalue weighted by molar-refractivity contribution is 5.78. The molecule has 0 radical (unpaired) electrons. The van der Waals surface area contributed by atoms with Crippen LogP contribution in [0.5, 0.6) is 17.2 Å². The molecule has 31 heavy (non-hydrogen) atoms. The summed E-state index contributed by atoms with van der Waals surface area (Å²) in [7, 11) is 4.87. The number of anilines is 1. The molecule has 0 amide bonds. The lowest BCUT2D eigenvalue weighted by atomic mass is 10.2. The fourth-order valence-corrected chi connectivity index (χ4v) is 3.73. The zero-order chi connectivity index (χ0) is 21.5. The number of quaternary nitrogens is 1. The Bertz CT molecular complexity index is 948. The van der Waals surface area contributed by atoms with Crippen molar-refractivity contribution >= 4 is 17.0 Å². The molecule has 0 unspecified atom stereocenters. The highest BCUT2D eigenvalue weighted by Crippen LogP contribution is 2.38. The van der Waals surface area contributed by atoms with Gasteiger partial charge in [0.2, 0.25) is 11.7 Å². The first-order chi connectivity index (χ1) is 14.6. The van der Waals surface area contributed by atoms with Gasteiger partial charge in [0.1, 0.15) is 0 Å². The molecule has 3 aromatic rings. The quantitative estimate of drug-likeness (QED) is 0.418. The van der Waals surface area contributed by atoms with Crippen molar-refractivity contribution in [3.05, 3.63) is 42.0 Å². The number of fused-ring (bicyclic) bond motifs is 1. The zero-order valence-corrected chi connectivity index (χ0v) is 19.8. The van der Waals surface area contributed by atoms with Gasteiger partial charge >= 0.3 is 0 Å². The summed E-state index contributed by atoms with van der Waals surface area (Å²) in [5, 5.41) is 3.51. The van der Waals surface area contributed by atoms with Crippen molar-refractivity contribution in [3.8, 4) is 17.2 Å². The van der Waals surface area contributed by atoms with Crippen LogP contribution in [0.4, 0.5) is 5.95 Å². The van der Waals surface area contributed by atoms with Gasteiger partial charge in [0, 0.05) is 6.54 Å². The van der Waals surface area contributed by atoms with Crippen molar-refractivity contribution in [3.63, 3.8) is 0 Å². The van der Waals surface area contributed by atoms with Gasteiger partial charge in [-0.2, -0.15) is 0 Å². The third kappa shape index (κ3) is 5.54. The molecule has 0 aliphatic rings. The number of para-hydroxylation sites is 2. The molecule has 2 N–H and O–H groups in total. The Morgan fingerprint density at radius 2 is 1.61 bits per heavy atom. The van der Waals surface area contributed by atoms with E-state index in [0.717, 1.165) is 48.7 Å². The smallest absolute Gasteiger partial charge is 0.204 e. The Labute approximate surface area is 190 Å². The molecule has 2 aromatic carbocycles. The van der Waals surface area contributed by atoms with Crippen molar-refractivity contribution < 1.29 is 31.5 Å². The molecule has 7 nitrogen and oxygen atoms in total. The largest absolute Gasteiger partial charge is 1.00 e. The Kier molecular flexibility index (Phi) is 9.27. The van der Waals surface area contributed by atoms with Crippen LogP contribution < -0.4 is 36.8 Å². The van der Waals surface area contributed by atoms with Gasteiger partial charge in [0.05, 0.1) is 58.5 Å². The summed E-state index contributed by atoms with van der Waals surface area (Å²) in [5.74, 6) is 2.76. The van der Waals surface area contributed by atoms with Crippen molar-refractivity contribution in [2.45, 2.75) is 26.9 Å². The summed E-state index contributed by atoms with van der Waals surface area (Å²) in [4.78, 5) is 6.40. The van der Waals surface area contributed by atoms with Crippen LogP contribution in [-0.4, -0.2) is 50.5 Å². The van der Waals surface area contributed by atoms with E-state index in [-0.39, 0.29) is 12.4 Å². The minimum atomic E-state index is 0. The molecule has 0 atom stereocenters. The average molecular weight is 449 g/mol. The lowest BCUT2D eigenvalue weighted by Gasteiger charge is -2.18. The molecule has 0 saturated heterocycles. The zero-order valence-electron chi connectivity index (χ0n) is 19.0. The number of halogens is 1. The van der Waals surface area contributed by atoms with Gasteiger partial charge < -0.3 is 41.4 Å². The van der Waals surface area contributed by atoms with Crippen molar-refractivity contribution in [2.75, 3.05) is 46.3 Å².